The molecular formula is C16H18BrN3O. The summed E-state index contributed by atoms with van der Waals surface area (Å²) < 4.78 is 0.758. The first kappa shape index (κ1) is 15.5. The molecule has 0 fully saturated rings. The highest BCUT2D eigenvalue weighted by Crippen LogP contribution is 2.23. The zero-order valence-corrected chi connectivity index (χ0v) is 13.7. The molecule has 110 valence electrons. The molecule has 2 N–H and O–H groups in total. The Morgan fingerprint density at radius 3 is 2.81 bits per heavy atom. The molecule has 5 heteroatoms. The lowest BCUT2D eigenvalue weighted by atomic mass is 10.1. The van der Waals surface area contributed by atoms with Crippen molar-refractivity contribution in [2.45, 2.75) is 20.3 Å². The summed E-state index contributed by atoms with van der Waals surface area (Å²) >= 11 is 3.38. The van der Waals surface area contributed by atoms with Gasteiger partial charge in [-0.3, -0.25) is 9.78 Å². The number of pyridine rings is 1. The van der Waals surface area contributed by atoms with Crippen LogP contribution >= 0.6 is 15.9 Å². The van der Waals surface area contributed by atoms with E-state index in [0.717, 1.165) is 28.7 Å². The van der Waals surface area contributed by atoms with Crippen LogP contribution in [0.3, 0.4) is 0 Å². The predicted molar refractivity (Wildman–Crippen MR) is 89.8 cm³/mol. The molecule has 0 bridgehead atoms. The zero-order valence-electron chi connectivity index (χ0n) is 12.1. The van der Waals surface area contributed by atoms with Crippen molar-refractivity contribution in [2.24, 2.45) is 0 Å². The Morgan fingerprint density at radius 1 is 1.29 bits per heavy atom. The monoisotopic (exact) mass is 347 g/mol. The minimum Gasteiger partial charge on any atom is -0.384 e. The molecule has 1 amide bonds. The van der Waals surface area contributed by atoms with Crippen molar-refractivity contribution >= 4 is 33.2 Å². The van der Waals surface area contributed by atoms with E-state index in [0.29, 0.717) is 11.3 Å². The van der Waals surface area contributed by atoms with Gasteiger partial charge in [-0.2, -0.15) is 0 Å². The van der Waals surface area contributed by atoms with E-state index >= 15 is 0 Å². The second-order valence-electron chi connectivity index (χ2n) is 4.79. The van der Waals surface area contributed by atoms with Crippen LogP contribution in [-0.4, -0.2) is 17.4 Å². The number of benzene rings is 1. The van der Waals surface area contributed by atoms with Gasteiger partial charge in [0.1, 0.15) is 0 Å². The number of aromatic nitrogens is 1. The number of hydrogen-bond donors (Lipinski definition) is 2. The molecule has 0 saturated carbocycles. The van der Waals surface area contributed by atoms with Crippen LogP contribution in [0.4, 0.5) is 11.4 Å². The lowest BCUT2D eigenvalue weighted by Gasteiger charge is -2.13. The van der Waals surface area contributed by atoms with Gasteiger partial charge < -0.3 is 10.6 Å². The SMILES string of the molecule is CCCNc1cc(C)ccc1C(=O)Nc1ccncc1Br. The van der Waals surface area contributed by atoms with E-state index < -0.39 is 0 Å². The second kappa shape index (κ2) is 7.22. The Labute approximate surface area is 133 Å². The highest BCUT2D eigenvalue weighted by molar-refractivity contribution is 9.10. The minimum absolute atomic E-state index is 0.138. The Bertz CT molecular complexity index is 643. The highest BCUT2D eigenvalue weighted by Gasteiger charge is 2.12. The summed E-state index contributed by atoms with van der Waals surface area (Å²) in [7, 11) is 0. The first-order valence-corrected chi connectivity index (χ1v) is 7.66. The number of aryl methyl sites for hydroxylation is 1. The van der Waals surface area contributed by atoms with Crippen molar-refractivity contribution in [2.75, 3.05) is 17.2 Å². The summed E-state index contributed by atoms with van der Waals surface area (Å²) in [5.74, 6) is -0.138. The molecule has 2 rings (SSSR count). The number of anilines is 2. The van der Waals surface area contributed by atoms with Crippen LogP contribution < -0.4 is 10.6 Å². The Hall–Kier alpha value is -1.88. The largest absolute Gasteiger partial charge is 0.384 e. The number of nitrogens with one attached hydrogen (secondary N) is 2. The van der Waals surface area contributed by atoms with Gasteiger partial charge in [0, 0.05) is 24.6 Å². The Balaban J connectivity index is 2.24. The van der Waals surface area contributed by atoms with Crippen LogP contribution in [0.15, 0.2) is 41.1 Å². The van der Waals surface area contributed by atoms with Gasteiger partial charge in [0.05, 0.1) is 15.7 Å². The molecule has 0 aliphatic carbocycles. The smallest absolute Gasteiger partial charge is 0.257 e. The fourth-order valence-electron chi connectivity index (χ4n) is 1.93. The van der Waals surface area contributed by atoms with Crippen molar-refractivity contribution < 1.29 is 4.79 Å². The average Bonchev–Trinajstić information content (AvgIpc) is 2.47. The third kappa shape index (κ3) is 4.04. The van der Waals surface area contributed by atoms with Gasteiger partial charge >= 0.3 is 0 Å². The average molecular weight is 348 g/mol. The third-order valence-electron chi connectivity index (χ3n) is 3.01. The van der Waals surface area contributed by atoms with E-state index in [1.54, 1.807) is 18.5 Å². The van der Waals surface area contributed by atoms with Gasteiger partial charge in [0.2, 0.25) is 0 Å². The quantitative estimate of drug-likeness (QED) is 0.850. The number of rotatable bonds is 5. The predicted octanol–water partition coefficient (Wildman–Crippen LogP) is 4.23. The third-order valence-corrected chi connectivity index (χ3v) is 3.64. The molecular weight excluding hydrogens is 330 g/mol. The van der Waals surface area contributed by atoms with Gasteiger partial charge in [-0.05, 0) is 53.0 Å². The molecule has 0 aliphatic heterocycles. The lowest BCUT2D eigenvalue weighted by molar-refractivity contribution is 0.102. The standard InChI is InChI=1S/C16H18BrN3O/c1-3-7-19-15-9-11(2)4-5-12(15)16(21)20-14-6-8-18-10-13(14)17/h4-6,8-10,19H,3,7H2,1-2H3,(H,18,20,21). The van der Waals surface area contributed by atoms with Crippen LogP contribution in [0.2, 0.25) is 0 Å². The summed E-state index contributed by atoms with van der Waals surface area (Å²) in [6.07, 6.45) is 4.30. The Kier molecular flexibility index (Phi) is 5.33. The van der Waals surface area contributed by atoms with Crippen molar-refractivity contribution in [1.29, 1.82) is 0 Å². The maximum absolute atomic E-state index is 12.5. The summed E-state index contributed by atoms with van der Waals surface area (Å²) in [5.41, 5.74) is 3.32. The van der Waals surface area contributed by atoms with Crippen LogP contribution in [0.5, 0.6) is 0 Å². The number of amides is 1. The maximum atomic E-state index is 12.5. The van der Waals surface area contributed by atoms with Crippen molar-refractivity contribution in [1.82, 2.24) is 4.98 Å². The van der Waals surface area contributed by atoms with Gasteiger partial charge in [-0.25, -0.2) is 0 Å². The fourth-order valence-corrected chi connectivity index (χ4v) is 2.28. The molecule has 0 spiro atoms. The molecule has 1 aromatic carbocycles. The van der Waals surface area contributed by atoms with E-state index in [2.05, 4.69) is 38.5 Å². The van der Waals surface area contributed by atoms with Crippen LogP contribution in [0.25, 0.3) is 0 Å². The van der Waals surface area contributed by atoms with E-state index in [-0.39, 0.29) is 5.91 Å². The number of carbonyl (C=O) groups excluding carboxylic acids is 1. The fraction of sp³-hybridized carbons (Fsp3) is 0.250. The van der Waals surface area contributed by atoms with E-state index in [4.69, 9.17) is 0 Å². The summed E-state index contributed by atoms with van der Waals surface area (Å²) in [4.78, 5) is 16.5. The van der Waals surface area contributed by atoms with Crippen molar-refractivity contribution in [3.05, 3.63) is 52.3 Å². The summed E-state index contributed by atoms with van der Waals surface area (Å²) in [5, 5.41) is 6.20. The molecule has 1 aromatic heterocycles. The second-order valence-corrected chi connectivity index (χ2v) is 5.64. The minimum atomic E-state index is -0.138. The van der Waals surface area contributed by atoms with E-state index in [9.17, 15) is 4.79 Å². The van der Waals surface area contributed by atoms with Crippen LogP contribution in [-0.2, 0) is 0 Å². The molecule has 0 saturated heterocycles. The van der Waals surface area contributed by atoms with Crippen molar-refractivity contribution in [3.8, 4) is 0 Å². The number of halogens is 1. The summed E-state index contributed by atoms with van der Waals surface area (Å²) in [6, 6.07) is 7.53. The molecule has 0 unspecified atom stereocenters. The molecule has 21 heavy (non-hydrogen) atoms. The highest BCUT2D eigenvalue weighted by atomic mass is 79.9. The Morgan fingerprint density at radius 2 is 2.10 bits per heavy atom. The number of carbonyl (C=O) groups is 1. The van der Waals surface area contributed by atoms with Gasteiger partial charge in [-0.15, -0.1) is 0 Å². The molecule has 0 radical (unpaired) electrons. The first-order chi connectivity index (χ1) is 10.1. The number of hydrogen-bond acceptors (Lipinski definition) is 3. The maximum Gasteiger partial charge on any atom is 0.257 e. The van der Waals surface area contributed by atoms with E-state index in [1.807, 2.05) is 25.1 Å². The summed E-state index contributed by atoms with van der Waals surface area (Å²) in [6.45, 7) is 4.94. The van der Waals surface area contributed by atoms with Gasteiger partial charge in [0.15, 0.2) is 0 Å². The first-order valence-electron chi connectivity index (χ1n) is 6.87. The molecule has 4 nitrogen and oxygen atoms in total. The molecule has 0 atom stereocenters. The van der Waals surface area contributed by atoms with Crippen LogP contribution in [0.1, 0.15) is 29.3 Å². The molecule has 0 aliphatic rings. The number of nitrogens with zero attached hydrogens (tertiary/aromatic N) is 1. The van der Waals surface area contributed by atoms with Gasteiger partial charge in [-0.1, -0.05) is 13.0 Å². The molecule has 2 aromatic rings. The normalized spacial score (nSPS) is 10.2. The van der Waals surface area contributed by atoms with Crippen molar-refractivity contribution in [3.63, 3.8) is 0 Å². The van der Waals surface area contributed by atoms with Gasteiger partial charge in [0.25, 0.3) is 5.91 Å². The topological polar surface area (TPSA) is 54.0 Å². The zero-order chi connectivity index (χ0) is 15.2. The lowest BCUT2D eigenvalue weighted by Crippen LogP contribution is -2.15. The molecule has 1 heterocycles. The van der Waals surface area contributed by atoms with E-state index in [1.165, 1.54) is 0 Å². The van der Waals surface area contributed by atoms with Crippen LogP contribution in [0, 0.1) is 6.92 Å².